The van der Waals surface area contributed by atoms with E-state index in [1.807, 2.05) is 6.07 Å². The quantitative estimate of drug-likeness (QED) is 0.364. The molecule has 0 saturated heterocycles. The lowest BCUT2D eigenvalue weighted by Gasteiger charge is -2.09. The fraction of sp³-hybridized carbons (Fsp3) is 0.0435. The summed E-state index contributed by atoms with van der Waals surface area (Å²) in [6, 6.07) is 18.6. The van der Waals surface area contributed by atoms with E-state index in [2.05, 4.69) is 21.2 Å². The van der Waals surface area contributed by atoms with Gasteiger partial charge in [-0.05, 0) is 69.5 Å². The van der Waals surface area contributed by atoms with Crippen molar-refractivity contribution >= 4 is 33.6 Å². The molecule has 0 radical (unpaired) electrons. The number of nitriles is 1. The molecular formula is C23H15BrF2N2O2. The fourth-order valence-electron chi connectivity index (χ4n) is 2.58. The van der Waals surface area contributed by atoms with Crippen LogP contribution in [0.5, 0.6) is 5.75 Å². The third-order valence-corrected chi connectivity index (χ3v) is 4.66. The van der Waals surface area contributed by atoms with Gasteiger partial charge >= 0.3 is 0 Å². The molecular weight excluding hydrogens is 454 g/mol. The zero-order valence-electron chi connectivity index (χ0n) is 15.5. The Morgan fingerprint density at radius 2 is 1.90 bits per heavy atom. The first kappa shape index (κ1) is 21.2. The van der Waals surface area contributed by atoms with Crippen LogP contribution in [0.15, 0.2) is 76.8 Å². The molecule has 0 fully saturated rings. The van der Waals surface area contributed by atoms with Gasteiger partial charge in [0.2, 0.25) is 0 Å². The molecule has 0 atom stereocenters. The Morgan fingerprint density at radius 3 is 2.60 bits per heavy atom. The number of carbonyl (C=O) groups is 1. The molecule has 7 heteroatoms. The van der Waals surface area contributed by atoms with Crippen LogP contribution in [0, 0.1) is 23.0 Å². The Hall–Kier alpha value is -3.50. The van der Waals surface area contributed by atoms with E-state index in [-0.39, 0.29) is 23.7 Å². The number of benzene rings is 3. The van der Waals surface area contributed by atoms with Gasteiger partial charge in [-0.2, -0.15) is 5.26 Å². The second-order valence-electron chi connectivity index (χ2n) is 6.21. The molecule has 0 saturated carbocycles. The topological polar surface area (TPSA) is 62.1 Å². The molecule has 3 rings (SSSR count). The number of rotatable bonds is 6. The molecule has 0 aliphatic heterocycles. The van der Waals surface area contributed by atoms with E-state index in [9.17, 15) is 18.8 Å². The predicted molar refractivity (Wildman–Crippen MR) is 113 cm³/mol. The van der Waals surface area contributed by atoms with Crippen molar-refractivity contribution < 1.29 is 18.3 Å². The van der Waals surface area contributed by atoms with Crippen LogP contribution in [0.2, 0.25) is 0 Å². The third kappa shape index (κ3) is 5.52. The minimum Gasteiger partial charge on any atom is -0.488 e. The normalized spacial score (nSPS) is 10.9. The number of halogens is 3. The molecule has 0 unspecified atom stereocenters. The highest BCUT2D eigenvalue weighted by Gasteiger charge is 2.12. The maximum atomic E-state index is 13.7. The summed E-state index contributed by atoms with van der Waals surface area (Å²) < 4.78 is 33.2. The minimum absolute atomic E-state index is 0.00840. The van der Waals surface area contributed by atoms with Crippen molar-refractivity contribution in [2.24, 2.45) is 0 Å². The summed E-state index contributed by atoms with van der Waals surface area (Å²) in [7, 11) is 0. The maximum Gasteiger partial charge on any atom is 0.266 e. The minimum atomic E-state index is -0.717. The Bertz CT molecular complexity index is 1160. The average molecular weight is 469 g/mol. The number of anilines is 1. The molecule has 4 nitrogen and oxygen atoms in total. The van der Waals surface area contributed by atoms with Crippen LogP contribution in [-0.4, -0.2) is 5.91 Å². The number of amides is 1. The van der Waals surface area contributed by atoms with Crippen LogP contribution < -0.4 is 10.1 Å². The zero-order valence-corrected chi connectivity index (χ0v) is 17.1. The van der Waals surface area contributed by atoms with E-state index in [0.717, 1.165) is 0 Å². The molecule has 3 aromatic carbocycles. The summed E-state index contributed by atoms with van der Waals surface area (Å²) in [6.45, 7) is 0.181. The summed E-state index contributed by atoms with van der Waals surface area (Å²) in [5.74, 6) is -1.13. The molecule has 0 aliphatic rings. The maximum absolute atomic E-state index is 13.7. The van der Waals surface area contributed by atoms with Crippen LogP contribution in [0.4, 0.5) is 14.5 Å². The largest absolute Gasteiger partial charge is 0.488 e. The van der Waals surface area contributed by atoms with Crippen LogP contribution in [-0.2, 0) is 11.4 Å². The molecule has 0 spiro atoms. The second kappa shape index (κ2) is 9.81. The lowest BCUT2D eigenvalue weighted by atomic mass is 10.1. The molecule has 0 bridgehead atoms. The van der Waals surface area contributed by atoms with Gasteiger partial charge in [-0.25, -0.2) is 8.78 Å². The molecule has 150 valence electrons. The smallest absolute Gasteiger partial charge is 0.266 e. The van der Waals surface area contributed by atoms with E-state index in [1.54, 1.807) is 36.4 Å². The number of nitrogens with zero attached hydrogens (tertiary/aromatic N) is 1. The lowest BCUT2D eigenvalue weighted by molar-refractivity contribution is -0.112. The Labute approximate surface area is 180 Å². The summed E-state index contributed by atoms with van der Waals surface area (Å²) >= 11 is 3.39. The van der Waals surface area contributed by atoms with Gasteiger partial charge in [-0.15, -0.1) is 0 Å². The molecule has 1 N–H and O–H groups in total. The van der Waals surface area contributed by atoms with E-state index >= 15 is 0 Å². The second-order valence-corrected chi connectivity index (χ2v) is 7.07. The number of carbonyl (C=O) groups excluding carboxylic acids is 1. The zero-order chi connectivity index (χ0) is 21.5. The first-order chi connectivity index (χ1) is 14.5. The Kier molecular flexibility index (Phi) is 6.94. The highest BCUT2D eigenvalue weighted by atomic mass is 79.9. The Morgan fingerprint density at radius 1 is 1.10 bits per heavy atom. The van der Waals surface area contributed by atoms with Crippen LogP contribution in [0.25, 0.3) is 6.08 Å². The number of para-hydroxylation sites is 1. The van der Waals surface area contributed by atoms with Crippen molar-refractivity contribution in [3.8, 4) is 11.8 Å². The Balaban J connectivity index is 1.72. The molecule has 1 amide bonds. The molecule has 0 aliphatic carbocycles. The van der Waals surface area contributed by atoms with Crippen LogP contribution in [0.3, 0.4) is 0 Å². The van der Waals surface area contributed by atoms with Gasteiger partial charge in [0.1, 0.15) is 35.6 Å². The van der Waals surface area contributed by atoms with E-state index < -0.39 is 11.7 Å². The van der Waals surface area contributed by atoms with Crippen LogP contribution >= 0.6 is 15.9 Å². The highest BCUT2D eigenvalue weighted by Crippen LogP contribution is 2.28. The van der Waals surface area contributed by atoms with E-state index in [4.69, 9.17) is 4.74 Å². The molecule has 0 heterocycles. The van der Waals surface area contributed by atoms with Gasteiger partial charge in [-0.3, -0.25) is 4.79 Å². The first-order valence-corrected chi connectivity index (χ1v) is 9.60. The number of nitrogens with one attached hydrogen (secondary N) is 1. The summed E-state index contributed by atoms with van der Waals surface area (Å²) in [5, 5.41) is 11.7. The van der Waals surface area contributed by atoms with Gasteiger partial charge in [0, 0.05) is 0 Å². The van der Waals surface area contributed by atoms with E-state index in [0.29, 0.717) is 21.3 Å². The van der Waals surface area contributed by atoms with E-state index in [1.165, 1.54) is 36.4 Å². The van der Waals surface area contributed by atoms with Gasteiger partial charge in [0.25, 0.3) is 5.91 Å². The number of ether oxygens (including phenoxy) is 1. The van der Waals surface area contributed by atoms with Gasteiger partial charge in [-0.1, -0.05) is 30.3 Å². The van der Waals surface area contributed by atoms with Crippen molar-refractivity contribution in [2.75, 3.05) is 5.32 Å². The van der Waals surface area contributed by atoms with Crippen LogP contribution in [0.1, 0.15) is 11.1 Å². The third-order valence-electron chi connectivity index (χ3n) is 4.04. The molecule has 3 aromatic rings. The monoisotopic (exact) mass is 468 g/mol. The lowest BCUT2D eigenvalue weighted by Crippen LogP contribution is -2.14. The van der Waals surface area contributed by atoms with Crippen molar-refractivity contribution in [3.05, 3.63) is 99.5 Å². The predicted octanol–water partition coefficient (Wildman–Crippen LogP) is 5.85. The van der Waals surface area contributed by atoms with Gasteiger partial charge in [0.15, 0.2) is 0 Å². The number of hydrogen-bond donors (Lipinski definition) is 1. The van der Waals surface area contributed by atoms with Crippen molar-refractivity contribution in [2.45, 2.75) is 6.61 Å². The van der Waals surface area contributed by atoms with Crippen molar-refractivity contribution in [1.82, 2.24) is 0 Å². The average Bonchev–Trinajstić information content (AvgIpc) is 2.73. The summed E-state index contributed by atoms with van der Waals surface area (Å²) in [4.78, 5) is 12.3. The first-order valence-electron chi connectivity index (χ1n) is 8.81. The highest BCUT2D eigenvalue weighted by molar-refractivity contribution is 9.10. The number of hydrogen-bond acceptors (Lipinski definition) is 3. The van der Waals surface area contributed by atoms with Crippen molar-refractivity contribution in [3.63, 3.8) is 0 Å². The standard InChI is InChI=1S/C23H15BrF2N2O2/c24-19-12-15(8-9-22(19)30-14-16-4-3-5-18(25)11-16)10-17(13-27)23(29)28-21-7-2-1-6-20(21)26/h1-12H,14H2,(H,28,29)/b17-10-. The SMILES string of the molecule is N#C/C(=C/c1ccc(OCc2cccc(F)c2)c(Br)c1)C(=O)Nc1ccccc1F. The summed E-state index contributed by atoms with van der Waals surface area (Å²) in [5.41, 5.74) is 1.06. The molecule has 0 aromatic heterocycles. The fourth-order valence-corrected chi connectivity index (χ4v) is 3.09. The van der Waals surface area contributed by atoms with Gasteiger partial charge < -0.3 is 10.1 Å². The summed E-state index contributed by atoms with van der Waals surface area (Å²) in [6.07, 6.45) is 1.39. The van der Waals surface area contributed by atoms with Crippen molar-refractivity contribution in [1.29, 1.82) is 5.26 Å². The molecule has 30 heavy (non-hydrogen) atoms. The van der Waals surface area contributed by atoms with Gasteiger partial charge in [0.05, 0.1) is 10.2 Å².